The van der Waals surface area contributed by atoms with Gasteiger partial charge in [0.15, 0.2) is 0 Å². The summed E-state index contributed by atoms with van der Waals surface area (Å²) < 4.78 is 0. The SMILES string of the molecule is CC(c1ccccc1)c1ccc(Nc2ccc(C(C)c3ccccc3)cc2C(C)c2ccccc2)cc1. The number of hydrogen-bond acceptors (Lipinski definition) is 1. The molecule has 0 bridgehead atoms. The third kappa shape index (κ3) is 5.67. The topological polar surface area (TPSA) is 12.0 Å². The lowest BCUT2D eigenvalue weighted by Crippen LogP contribution is -2.05. The molecule has 37 heavy (non-hydrogen) atoms. The fourth-order valence-corrected chi connectivity index (χ4v) is 5.12. The van der Waals surface area contributed by atoms with Gasteiger partial charge in [0.25, 0.3) is 0 Å². The molecule has 0 heterocycles. The van der Waals surface area contributed by atoms with Crippen molar-refractivity contribution in [3.63, 3.8) is 0 Å². The van der Waals surface area contributed by atoms with Crippen molar-refractivity contribution < 1.29 is 0 Å². The average molecular weight is 482 g/mol. The molecule has 0 saturated carbocycles. The van der Waals surface area contributed by atoms with Gasteiger partial charge in [-0.05, 0) is 51.6 Å². The number of hydrogen-bond donors (Lipinski definition) is 1. The van der Waals surface area contributed by atoms with Crippen molar-refractivity contribution >= 4 is 11.4 Å². The van der Waals surface area contributed by atoms with Crippen LogP contribution in [0.5, 0.6) is 0 Å². The predicted molar refractivity (Wildman–Crippen MR) is 158 cm³/mol. The highest BCUT2D eigenvalue weighted by Gasteiger charge is 2.17. The first-order valence-corrected chi connectivity index (χ1v) is 13.3. The van der Waals surface area contributed by atoms with E-state index in [0.717, 1.165) is 11.4 Å². The maximum absolute atomic E-state index is 3.74. The third-order valence-electron chi connectivity index (χ3n) is 7.63. The standard InChI is InChI=1S/C36H35N/c1-26(29-13-7-4-8-14-29)32-19-22-34(23-20-32)37-36-24-21-33(27(2)30-15-9-5-10-16-30)25-35(36)28(3)31-17-11-6-12-18-31/h4-28,37H,1-3H3. The summed E-state index contributed by atoms with van der Waals surface area (Å²) in [5.41, 5.74) is 10.2. The summed E-state index contributed by atoms with van der Waals surface area (Å²) in [6, 6.07) is 48.0. The van der Waals surface area contributed by atoms with E-state index in [2.05, 4.69) is 160 Å². The first kappa shape index (κ1) is 24.6. The average Bonchev–Trinajstić information content (AvgIpc) is 2.98. The van der Waals surface area contributed by atoms with Crippen LogP contribution in [0.15, 0.2) is 133 Å². The van der Waals surface area contributed by atoms with Crippen LogP contribution in [0.4, 0.5) is 11.4 Å². The Morgan fingerprint density at radius 1 is 0.405 bits per heavy atom. The molecular formula is C36H35N. The Hall–Kier alpha value is -4.10. The third-order valence-corrected chi connectivity index (χ3v) is 7.63. The van der Waals surface area contributed by atoms with Gasteiger partial charge < -0.3 is 5.32 Å². The molecule has 0 saturated heterocycles. The Kier molecular flexibility index (Phi) is 7.51. The lowest BCUT2D eigenvalue weighted by atomic mass is 9.86. The van der Waals surface area contributed by atoms with Gasteiger partial charge in [-0.3, -0.25) is 0 Å². The van der Waals surface area contributed by atoms with Crippen molar-refractivity contribution in [1.82, 2.24) is 0 Å². The molecule has 3 unspecified atom stereocenters. The molecule has 3 atom stereocenters. The van der Waals surface area contributed by atoms with Crippen molar-refractivity contribution in [3.8, 4) is 0 Å². The Balaban J connectivity index is 1.45. The van der Waals surface area contributed by atoms with Crippen LogP contribution in [0.1, 0.15) is 71.9 Å². The fraction of sp³-hybridized carbons (Fsp3) is 0.167. The minimum Gasteiger partial charge on any atom is -0.355 e. The molecule has 1 nitrogen and oxygen atoms in total. The van der Waals surface area contributed by atoms with Gasteiger partial charge >= 0.3 is 0 Å². The van der Waals surface area contributed by atoms with Gasteiger partial charge in [-0.15, -0.1) is 0 Å². The van der Waals surface area contributed by atoms with Crippen molar-refractivity contribution in [3.05, 3.63) is 167 Å². The number of anilines is 2. The fourth-order valence-electron chi connectivity index (χ4n) is 5.12. The molecule has 0 amide bonds. The van der Waals surface area contributed by atoms with Crippen LogP contribution in [0, 0.1) is 0 Å². The summed E-state index contributed by atoms with van der Waals surface area (Å²) >= 11 is 0. The van der Waals surface area contributed by atoms with E-state index in [9.17, 15) is 0 Å². The molecule has 5 aromatic rings. The summed E-state index contributed by atoms with van der Waals surface area (Å²) in [7, 11) is 0. The second-order valence-corrected chi connectivity index (χ2v) is 9.99. The van der Waals surface area contributed by atoms with Crippen LogP contribution < -0.4 is 5.32 Å². The van der Waals surface area contributed by atoms with Gasteiger partial charge in [-0.2, -0.15) is 0 Å². The quantitative estimate of drug-likeness (QED) is 0.232. The summed E-state index contributed by atoms with van der Waals surface area (Å²) in [6.45, 7) is 6.86. The van der Waals surface area contributed by atoms with Crippen LogP contribution in [0.3, 0.4) is 0 Å². The van der Waals surface area contributed by atoms with Crippen LogP contribution in [-0.4, -0.2) is 0 Å². The predicted octanol–water partition coefficient (Wildman–Crippen LogP) is 9.89. The molecule has 0 aliphatic carbocycles. The van der Waals surface area contributed by atoms with Gasteiger partial charge in [0.1, 0.15) is 0 Å². The normalized spacial score (nSPS) is 13.5. The van der Waals surface area contributed by atoms with E-state index in [1.54, 1.807) is 0 Å². The van der Waals surface area contributed by atoms with Crippen LogP contribution in [0.2, 0.25) is 0 Å². The smallest absolute Gasteiger partial charge is 0.0423 e. The molecule has 0 spiro atoms. The summed E-state index contributed by atoms with van der Waals surface area (Å²) in [5.74, 6) is 0.961. The second kappa shape index (κ2) is 11.3. The first-order chi connectivity index (χ1) is 18.1. The van der Waals surface area contributed by atoms with Crippen molar-refractivity contribution in [1.29, 1.82) is 0 Å². The highest BCUT2D eigenvalue weighted by molar-refractivity contribution is 5.66. The molecule has 0 fully saturated rings. The molecule has 0 radical (unpaired) electrons. The zero-order chi connectivity index (χ0) is 25.6. The maximum Gasteiger partial charge on any atom is 0.0423 e. The lowest BCUT2D eigenvalue weighted by molar-refractivity contribution is 0.889. The highest BCUT2D eigenvalue weighted by atomic mass is 14.9. The number of rotatable bonds is 8. The van der Waals surface area contributed by atoms with Gasteiger partial charge in [0, 0.05) is 29.1 Å². The minimum absolute atomic E-state index is 0.268. The van der Waals surface area contributed by atoms with Gasteiger partial charge in [0.05, 0.1) is 0 Å². The molecule has 1 heteroatoms. The monoisotopic (exact) mass is 481 g/mol. The van der Waals surface area contributed by atoms with Crippen LogP contribution >= 0.6 is 0 Å². The summed E-state index contributed by atoms with van der Waals surface area (Å²) in [4.78, 5) is 0. The van der Waals surface area contributed by atoms with Crippen molar-refractivity contribution in [2.45, 2.75) is 38.5 Å². The van der Waals surface area contributed by atoms with Crippen molar-refractivity contribution in [2.24, 2.45) is 0 Å². The molecule has 1 N–H and O–H groups in total. The van der Waals surface area contributed by atoms with E-state index in [1.165, 1.54) is 33.4 Å². The van der Waals surface area contributed by atoms with Gasteiger partial charge in [-0.25, -0.2) is 0 Å². The molecule has 5 rings (SSSR count). The van der Waals surface area contributed by atoms with E-state index in [4.69, 9.17) is 0 Å². The Bertz CT molecular complexity index is 1410. The molecule has 184 valence electrons. The molecule has 0 aliphatic rings. The minimum atomic E-state index is 0.268. The highest BCUT2D eigenvalue weighted by Crippen LogP contribution is 2.36. The Labute approximate surface area is 221 Å². The van der Waals surface area contributed by atoms with E-state index in [-0.39, 0.29) is 5.92 Å². The van der Waals surface area contributed by atoms with E-state index >= 15 is 0 Å². The first-order valence-electron chi connectivity index (χ1n) is 13.3. The van der Waals surface area contributed by atoms with Crippen molar-refractivity contribution in [2.75, 3.05) is 5.32 Å². The van der Waals surface area contributed by atoms with Crippen LogP contribution in [-0.2, 0) is 0 Å². The maximum atomic E-state index is 3.74. The van der Waals surface area contributed by atoms with Gasteiger partial charge in [-0.1, -0.05) is 136 Å². The summed E-state index contributed by atoms with van der Waals surface area (Å²) in [6.07, 6.45) is 0. The molecule has 5 aromatic carbocycles. The van der Waals surface area contributed by atoms with Crippen LogP contribution in [0.25, 0.3) is 0 Å². The van der Waals surface area contributed by atoms with E-state index < -0.39 is 0 Å². The number of benzene rings is 5. The molecule has 0 aromatic heterocycles. The summed E-state index contributed by atoms with van der Waals surface area (Å²) in [5, 5.41) is 3.74. The zero-order valence-corrected chi connectivity index (χ0v) is 21.9. The Morgan fingerprint density at radius 3 is 1.32 bits per heavy atom. The lowest BCUT2D eigenvalue weighted by Gasteiger charge is -2.22. The molecule has 0 aliphatic heterocycles. The molecular weight excluding hydrogens is 446 g/mol. The zero-order valence-electron chi connectivity index (χ0n) is 21.9. The van der Waals surface area contributed by atoms with E-state index in [1.807, 2.05) is 0 Å². The van der Waals surface area contributed by atoms with E-state index in [0.29, 0.717) is 11.8 Å². The largest absolute Gasteiger partial charge is 0.355 e. The van der Waals surface area contributed by atoms with Gasteiger partial charge in [0.2, 0.25) is 0 Å². The second-order valence-electron chi connectivity index (χ2n) is 9.99. The Morgan fingerprint density at radius 2 is 0.811 bits per heavy atom. The number of nitrogens with one attached hydrogen (secondary N) is 1.